The molecule has 9 heavy (non-hydrogen) atoms. The van der Waals surface area contributed by atoms with E-state index in [0.717, 1.165) is 12.0 Å². The summed E-state index contributed by atoms with van der Waals surface area (Å²) in [6.07, 6.45) is 2.90. The quantitative estimate of drug-likeness (QED) is 0.545. The minimum absolute atomic E-state index is 0.878. The Morgan fingerprint density at radius 3 is 3.22 bits per heavy atom. The molecule has 1 N–H and O–H groups in total. The summed E-state index contributed by atoms with van der Waals surface area (Å²) in [7, 11) is 0. The first-order chi connectivity index (χ1) is 4.47. The molecular formula is C7H13NS. The molecule has 0 bridgehead atoms. The summed E-state index contributed by atoms with van der Waals surface area (Å²) >= 11 is 2.11. The zero-order valence-electron chi connectivity index (χ0n) is 5.60. The van der Waals surface area contributed by atoms with Gasteiger partial charge >= 0.3 is 0 Å². The van der Waals surface area contributed by atoms with Crippen LogP contribution in [0.4, 0.5) is 0 Å². The summed E-state index contributed by atoms with van der Waals surface area (Å²) in [4.78, 5) is 0. The van der Waals surface area contributed by atoms with Gasteiger partial charge in [0.1, 0.15) is 0 Å². The lowest BCUT2D eigenvalue weighted by Gasteiger charge is -2.23. The first-order valence-corrected chi connectivity index (χ1v) is 4.93. The molecule has 0 unspecified atom stereocenters. The highest BCUT2D eigenvalue weighted by atomic mass is 32.2. The summed E-state index contributed by atoms with van der Waals surface area (Å²) < 4.78 is 0. The lowest BCUT2D eigenvalue weighted by atomic mass is 9.99. The van der Waals surface area contributed by atoms with Gasteiger partial charge in [-0.2, -0.15) is 11.8 Å². The lowest BCUT2D eigenvalue weighted by Crippen LogP contribution is -2.32. The van der Waals surface area contributed by atoms with E-state index in [-0.39, 0.29) is 0 Å². The predicted octanol–water partition coefficient (Wildman–Crippen LogP) is 1.10. The topological polar surface area (TPSA) is 12.0 Å². The first kappa shape index (κ1) is 6.05. The fourth-order valence-corrected chi connectivity index (χ4v) is 3.09. The molecule has 2 rings (SSSR count). The standard InChI is InChI=1S/C7H13NS/c1-3-8-7-5-9-4-2-6(1)7/h6-8H,1-5H2/t6-,7-/m1/s1. The van der Waals surface area contributed by atoms with Gasteiger partial charge in [0.2, 0.25) is 0 Å². The molecule has 2 aliphatic heterocycles. The Morgan fingerprint density at radius 1 is 1.33 bits per heavy atom. The van der Waals surface area contributed by atoms with Gasteiger partial charge in [0.15, 0.2) is 0 Å². The Hall–Kier alpha value is 0.310. The van der Waals surface area contributed by atoms with Crippen LogP contribution in [0.3, 0.4) is 0 Å². The third kappa shape index (κ3) is 1.10. The second-order valence-corrected chi connectivity index (χ2v) is 4.12. The van der Waals surface area contributed by atoms with Gasteiger partial charge in [-0.1, -0.05) is 0 Å². The highest BCUT2D eigenvalue weighted by Gasteiger charge is 2.28. The number of fused-ring (bicyclic) bond motifs is 1. The number of hydrogen-bond acceptors (Lipinski definition) is 2. The normalized spacial score (nSPS) is 42.7. The SMILES string of the molecule is C1C[C@@H]2CCSC[C@H]2N1. The third-order valence-corrected chi connectivity index (χ3v) is 3.54. The van der Waals surface area contributed by atoms with Gasteiger partial charge in [0, 0.05) is 11.8 Å². The van der Waals surface area contributed by atoms with Crippen LogP contribution in [-0.2, 0) is 0 Å². The molecule has 52 valence electrons. The molecular weight excluding hydrogens is 130 g/mol. The Kier molecular flexibility index (Phi) is 1.68. The van der Waals surface area contributed by atoms with Gasteiger partial charge in [-0.15, -0.1) is 0 Å². The van der Waals surface area contributed by atoms with Gasteiger partial charge in [-0.3, -0.25) is 0 Å². The van der Waals surface area contributed by atoms with Crippen LogP contribution in [0.15, 0.2) is 0 Å². The Morgan fingerprint density at radius 2 is 2.33 bits per heavy atom. The van der Waals surface area contributed by atoms with Crippen molar-refractivity contribution in [3.63, 3.8) is 0 Å². The highest BCUT2D eigenvalue weighted by Crippen LogP contribution is 2.28. The maximum atomic E-state index is 3.54. The summed E-state index contributed by atoms with van der Waals surface area (Å²) in [6, 6.07) is 0.878. The summed E-state index contributed by atoms with van der Waals surface area (Å²) in [5, 5.41) is 3.54. The summed E-state index contributed by atoms with van der Waals surface area (Å²) in [5.74, 6) is 3.80. The van der Waals surface area contributed by atoms with E-state index >= 15 is 0 Å². The van der Waals surface area contributed by atoms with E-state index in [1.807, 2.05) is 0 Å². The van der Waals surface area contributed by atoms with Crippen LogP contribution in [0.5, 0.6) is 0 Å². The van der Waals surface area contributed by atoms with Crippen LogP contribution in [0, 0.1) is 5.92 Å². The van der Waals surface area contributed by atoms with E-state index in [9.17, 15) is 0 Å². The molecule has 0 aromatic carbocycles. The number of hydrogen-bond donors (Lipinski definition) is 1. The molecule has 1 nitrogen and oxygen atoms in total. The largest absolute Gasteiger partial charge is 0.313 e. The first-order valence-electron chi connectivity index (χ1n) is 3.78. The molecule has 2 fully saturated rings. The highest BCUT2D eigenvalue weighted by molar-refractivity contribution is 7.99. The molecule has 0 amide bonds. The van der Waals surface area contributed by atoms with Gasteiger partial charge in [0.25, 0.3) is 0 Å². The van der Waals surface area contributed by atoms with Gasteiger partial charge in [-0.25, -0.2) is 0 Å². The van der Waals surface area contributed by atoms with Crippen molar-refractivity contribution in [2.75, 3.05) is 18.1 Å². The van der Waals surface area contributed by atoms with E-state index in [1.54, 1.807) is 0 Å². The Balaban J connectivity index is 1.97. The molecule has 0 aliphatic carbocycles. The summed E-state index contributed by atoms with van der Waals surface area (Å²) in [5.41, 5.74) is 0. The average Bonchev–Trinajstić information content (AvgIpc) is 2.33. The zero-order valence-corrected chi connectivity index (χ0v) is 6.41. The van der Waals surface area contributed by atoms with Crippen LogP contribution < -0.4 is 5.32 Å². The summed E-state index contributed by atoms with van der Waals surface area (Å²) in [6.45, 7) is 1.27. The fraction of sp³-hybridized carbons (Fsp3) is 1.00. The molecule has 2 saturated heterocycles. The minimum Gasteiger partial charge on any atom is -0.313 e. The van der Waals surface area contributed by atoms with Crippen molar-refractivity contribution in [3.05, 3.63) is 0 Å². The number of thioether (sulfide) groups is 1. The van der Waals surface area contributed by atoms with Crippen molar-refractivity contribution >= 4 is 11.8 Å². The molecule has 0 aromatic rings. The van der Waals surface area contributed by atoms with Gasteiger partial charge in [-0.05, 0) is 31.1 Å². The monoisotopic (exact) mass is 143 g/mol. The molecule has 0 saturated carbocycles. The van der Waals surface area contributed by atoms with Crippen LogP contribution in [0.25, 0.3) is 0 Å². The number of nitrogens with one attached hydrogen (secondary N) is 1. The predicted molar refractivity (Wildman–Crippen MR) is 41.8 cm³/mol. The van der Waals surface area contributed by atoms with E-state index in [2.05, 4.69) is 17.1 Å². The zero-order chi connectivity index (χ0) is 6.10. The van der Waals surface area contributed by atoms with Crippen LogP contribution in [0.2, 0.25) is 0 Å². The Bertz CT molecular complexity index is 93.1. The maximum Gasteiger partial charge on any atom is 0.0187 e. The van der Waals surface area contributed by atoms with E-state index in [4.69, 9.17) is 0 Å². The molecule has 0 aromatic heterocycles. The van der Waals surface area contributed by atoms with Crippen LogP contribution in [0.1, 0.15) is 12.8 Å². The number of rotatable bonds is 0. The average molecular weight is 143 g/mol. The van der Waals surface area contributed by atoms with Crippen molar-refractivity contribution < 1.29 is 0 Å². The van der Waals surface area contributed by atoms with Crippen LogP contribution in [-0.4, -0.2) is 24.1 Å². The van der Waals surface area contributed by atoms with Crippen molar-refractivity contribution in [2.45, 2.75) is 18.9 Å². The second kappa shape index (κ2) is 2.51. The molecule has 2 aliphatic rings. The Labute approximate surface area is 60.6 Å². The second-order valence-electron chi connectivity index (χ2n) is 2.97. The minimum atomic E-state index is 0.878. The van der Waals surface area contributed by atoms with E-state index < -0.39 is 0 Å². The van der Waals surface area contributed by atoms with E-state index in [0.29, 0.717) is 0 Å². The van der Waals surface area contributed by atoms with Gasteiger partial charge in [0.05, 0.1) is 0 Å². The lowest BCUT2D eigenvalue weighted by molar-refractivity contribution is 0.460. The molecule has 2 heterocycles. The van der Waals surface area contributed by atoms with Crippen molar-refractivity contribution in [2.24, 2.45) is 5.92 Å². The van der Waals surface area contributed by atoms with E-state index in [1.165, 1.54) is 30.9 Å². The van der Waals surface area contributed by atoms with Crippen molar-refractivity contribution in [1.82, 2.24) is 5.32 Å². The van der Waals surface area contributed by atoms with Crippen LogP contribution >= 0.6 is 11.8 Å². The molecule has 0 spiro atoms. The smallest absolute Gasteiger partial charge is 0.0187 e. The molecule has 0 radical (unpaired) electrons. The van der Waals surface area contributed by atoms with Crippen molar-refractivity contribution in [1.29, 1.82) is 0 Å². The molecule has 2 atom stereocenters. The third-order valence-electron chi connectivity index (χ3n) is 2.42. The van der Waals surface area contributed by atoms with Crippen molar-refractivity contribution in [3.8, 4) is 0 Å². The maximum absolute atomic E-state index is 3.54. The van der Waals surface area contributed by atoms with Gasteiger partial charge < -0.3 is 5.32 Å². The molecule has 2 heteroatoms. The fourth-order valence-electron chi connectivity index (χ4n) is 1.81.